The second kappa shape index (κ2) is 8.08. The maximum atomic E-state index is 12.1. The Balaban J connectivity index is 0.00000180. The number of halogens is 1. The number of carbonyl (C=O) groups is 1. The normalized spacial score (nSPS) is 26.8. The Morgan fingerprint density at radius 1 is 1.42 bits per heavy atom. The van der Waals surface area contributed by atoms with Crippen molar-refractivity contribution in [3.63, 3.8) is 0 Å². The number of amides is 1. The molecule has 2 rings (SSSR count). The van der Waals surface area contributed by atoms with E-state index in [1.54, 1.807) is 0 Å². The van der Waals surface area contributed by atoms with Crippen molar-refractivity contribution < 1.29 is 9.53 Å². The predicted octanol–water partition coefficient (Wildman–Crippen LogP) is 1.82. The zero-order chi connectivity index (χ0) is 13.0. The molecule has 0 aromatic rings. The number of hydrogen-bond donors (Lipinski definition) is 1. The number of nitrogens with one attached hydrogen (secondary N) is 1. The van der Waals surface area contributed by atoms with Crippen LogP contribution in [-0.2, 0) is 9.53 Å². The van der Waals surface area contributed by atoms with Crippen LogP contribution in [-0.4, -0.2) is 49.2 Å². The van der Waals surface area contributed by atoms with Gasteiger partial charge >= 0.3 is 0 Å². The fourth-order valence-corrected chi connectivity index (χ4v) is 2.69. The van der Waals surface area contributed by atoms with E-state index in [0.717, 1.165) is 39.1 Å². The van der Waals surface area contributed by atoms with Crippen LogP contribution in [0.15, 0.2) is 0 Å². The van der Waals surface area contributed by atoms with Crippen LogP contribution in [0.25, 0.3) is 0 Å². The van der Waals surface area contributed by atoms with Gasteiger partial charge in [0.25, 0.3) is 0 Å². The second-order valence-electron chi connectivity index (χ2n) is 5.98. The monoisotopic (exact) mass is 290 g/mol. The van der Waals surface area contributed by atoms with Gasteiger partial charge in [-0.3, -0.25) is 4.79 Å². The lowest BCUT2D eigenvalue weighted by Gasteiger charge is -2.19. The summed E-state index contributed by atoms with van der Waals surface area (Å²) < 4.78 is 5.81. The van der Waals surface area contributed by atoms with Crippen LogP contribution in [0.3, 0.4) is 0 Å². The smallest absolute Gasteiger partial charge is 0.224 e. The van der Waals surface area contributed by atoms with E-state index in [1.165, 1.54) is 6.42 Å². The summed E-state index contributed by atoms with van der Waals surface area (Å²) in [7, 11) is 0. The molecule has 1 amide bonds. The maximum Gasteiger partial charge on any atom is 0.224 e. The SMILES string of the molecule is CC(C)COC1CCN(C(=O)CC2CCCN2)C1.Cl. The van der Waals surface area contributed by atoms with Gasteiger partial charge in [0.2, 0.25) is 5.91 Å². The third-order valence-corrected chi connectivity index (χ3v) is 3.75. The van der Waals surface area contributed by atoms with E-state index in [9.17, 15) is 4.79 Å². The molecule has 2 aliphatic heterocycles. The van der Waals surface area contributed by atoms with Gasteiger partial charge in [0.15, 0.2) is 0 Å². The number of likely N-dealkylation sites (tertiary alicyclic amines) is 1. The Kier molecular flexibility index (Phi) is 7.11. The molecule has 19 heavy (non-hydrogen) atoms. The summed E-state index contributed by atoms with van der Waals surface area (Å²) in [5.41, 5.74) is 0. The van der Waals surface area contributed by atoms with E-state index in [4.69, 9.17) is 4.74 Å². The number of hydrogen-bond acceptors (Lipinski definition) is 3. The molecular formula is C14H27ClN2O2. The lowest BCUT2D eigenvalue weighted by atomic mass is 10.1. The van der Waals surface area contributed by atoms with E-state index < -0.39 is 0 Å². The molecular weight excluding hydrogens is 264 g/mol. The topological polar surface area (TPSA) is 41.6 Å². The first-order valence-corrected chi connectivity index (χ1v) is 7.28. The third kappa shape index (κ3) is 5.28. The highest BCUT2D eigenvalue weighted by Gasteiger charge is 2.28. The van der Waals surface area contributed by atoms with Crippen molar-refractivity contribution in [3.05, 3.63) is 0 Å². The van der Waals surface area contributed by atoms with Gasteiger partial charge in [0, 0.05) is 32.2 Å². The Hall–Kier alpha value is -0.320. The van der Waals surface area contributed by atoms with Crippen LogP contribution in [0.5, 0.6) is 0 Å². The molecule has 0 aromatic heterocycles. The lowest BCUT2D eigenvalue weighted by Crippen LogP contribution is -2.35. The van der Waals surface area contributed by atoms with Gasteiger partial charge in [-0.05, 0) is 31.7 Å². The van der Waals surface area contributed by atoms with Crippen LogP contribution in [0.4, 0.5) is 0 Å². The van der Waals surface area contributed by atoms with Gasteiger partial charge in [-0.1, -0.05) is 13.8 Å². The molecule has 0 saturated carbocycles. The first kappa shape index (κ1) is 16.7. The fourth-order valence-electron chi connectivity index (χ4n) is 2.69. The molecule has 2 atom stereocenters. The third-order valence-electron chi connectivity index (χ3n) is 3.75. The minimum atomic E-state index is 0. The highest BCUT2D eigenvalue weighted by atomic mass is 35.5. The molecule has 0 bridgehead atoms. The number of nitrogens with zero attached hydrogens (tertiary/aromatic N) is 1. The molecule has 2 heterocycles. The lowest BCUT2D eigenvalue weighted by molar-refractivity contribution is -0.131. The summed E-state index contributed by atoms with van der Waals surface area (Å²) in [6.07, 6.45) is 4.27. The molecule has 2 aliphatic rings. The van der Waals surface area contributed by atoms with Crippen LogP contribution in [0.2, 0.25) is 0 Å². The largest absolute Gasteiger partial charge is 0.376 e. The first-order chi connectivity index (χ1) is 8.65. The summed E-state index contributed by atoms with van der Waals surface area (Å²) >= 11 is 0. The average Bonchev–Trinajstić information content (AvgIpc) is 2.96. The molecule has 4 nitrogen and oxygen atoms in total. The number of ether oxygens (including phenoxy) is 1. The number of carbonyl (C=O) groups excluding carboxylic acids is 1. The van der Waals surface area contributed by atoms with Crippen molar-refractivity contribution in [2.75, 3.05) is 26.2 Å². The standard InChI is InChI=1S/C14H26N2O2.ClH/c1-11(2)10-18-13-5-7-16(9-13)14(17)8-12-4-3-6-15-12;/h11-13,15H,3-10H2,1-2H3;1H. The summed E-state index contributed by atoms with van der Waals surface area (Å²) in [6.45, 7) is 7.84. The van der Waals surface area contributed by atoms with Crippen molar-refractivity contribution in [2.45, 2.75) is 51.7 Å². The zero-order valence-corrected chi connectivity index (χ0v) is 12.9. The van der Waals surface area contributed by atoms with Crippen LogP contribution >= 0.6 is 12.4 Å². The molecule has 0 aromatic carbocycles. The summed E-state index contributed by atoms with van der Waals surface area (Å²) in [6, 6.07) is 0.410. The Morgan fingerprint density at radius 3 is 2.84 bits per heavy atom. The van der Waals surface area contributed by atoms with Crippen LogP contribution in [0, 0.1) is 5.92 Å². The van der Waals surface area contributed by atoms with Crippen LogP contribution in [0.1, 0.15) is 39.5 Å². The molecule has 2 unspecified atom stereocenters. The van der Waals surface area contributed by atoms with Crippen molar-refractivity contribution in [1.29, 1.82) is 0 Å². The molecule has 2 saturated heterocycles. The van der Waals surface area contributed by atoms with Gasteiger partial charge < -0.3 is 15.0 Å². The van der Waals surface area contributed by atoms with E-state index in [1.807, 2.05) is 4.90 Å². The minimum absolute atomic E-state index is 0. The molecule has 5 heteroatoms. The maximum absolute atomic E-state index is 12.1. The molecule has 0 radical (unpaired) electrons. The van der Waals surface area contributed by atoms with Gasteiger partial charge in [0.1, 0.15) is 0 Å². The first-order valence-electron chi connectivity index (χ1n) is 7.28. The van der Waals surface area contributed by atoms with Gasteiger partial charge in [-0.15, -0.1) is 12.4 Å². The fraction of sp³-hybridized carbons (Fsp3) is 0.929. The summed E-state index contributed by atoms with van der Waals surface area (Å²) in [5.74, 6) is 0.863. The molecule has 1 N–H and O–H groups in total. The number of rotatable bonds is 5. The quantitative estimate of drug-likeness (QED) is 0.840. The second-order valence-corrected chi connectivity index (χ2v) is 5.98. The molecule has 112 valence electrons. The highest BCUT2D eigenvalue weighted by molar-refractivity contribution is 5.85. The van der Waals surface area contributed by atoms with E-state index in [2.05, 4.69) is 19.2 Å². The average molecular weight is 291 g/mol. The van der Waals surface area contributed by atoms with Crippen molar-refractivity contribution >= 4 is 18.3 Å². The summed E-state index contributed by atoms with van der Waals surface area (Å²) in [5, 5.41) is 3.38. The molecule has 2 fully saturated rings. The molecule has 0 spiro atoms. The van der Waals surface area contributed by atoms with Crippen molar-refractivity contribution in [3.8, 4) is 0 Å². The van der Waals surface area contributed by atoms with E-state index in [0.29, 0.717) is 24.3 Å². The Labute approximate surface area is 122 Å². The van der Waals surface area contributed by atoms with Gasteiger partial charge in [-0.25, -0.2) is 0 Å². The predicted molar refractivity (Wildman–Crippen MR) is 78.7 cm³/mol. The van der Waals surface area contributed by atoms with Gasteiger partial charge in [-0.2, -0.15) is 0 Å². The molecule has 0 aliphatic carbocycles. The zero-order valence-electron chi connectivity index (χ0n) is 12.1. The van der Waals surface area contributed by atoms with E-state index >= 15 is 0 Å². The minimum Gasteiger partial charge on any atom is -0.376 e. The summed E-state index contributed by atoms with van der Waals surface area (Å²) in [4.78, 5) is 14.1. The van der Waals surface area contributed by atoms with Crippen molar-refractivity contribution in [2.24, 2.45) is 5.92 Å². The highest BCUT2D eigenvalue weighted by Crippen LogP contribution is 2.17. The van der Waals surface area contributed by atoms with Gasteiger partial charge in [0.05, 0.1) is 6.10 Å². The van der Waals surface area contributed by atoms with E-state index in [-0.39, 0.29) is 18.5 Å². The Morgan fingerprint density at radius 2 is 2.21 bits per heavy atom. The van der Waals surface area contributed by atoms with Crippen LogP contribution < -0.4 is 5.32 Å². The van der Waals surface area contributed by atoms with Crippen molar-refractivity contribution in [1.82, 2.24) is 10.2 Å². The Bertz CT molecular complexity index is 281.